The quantitative estimate of drug-likeness (QED) is 0.675. The van der Waals surface area contributed by atoms with Crippen LogP contribution >= 0.6 is 0 Å². The van der Waals surface area contributed by atoms with E-state index >= 15 is 0 Å². The summed E-state index contributed by atoms with van der Waals surface area (Å²) in [6, 6.07) is -0.401. The molecule has 2 N–H and O–H groups in total. The van der Waals surface area contributed by atoms with Crippen LogP contribution < -0.4 is 10.6 Å². The van der Waals surface area contributed by atoms with Gasteiger partial charge in [0.1, 0.15) is 6.04 Å². The van der Waals surface area contributed by atoms with E-state index in [9.17, 15) is 9.59 Å². The molecule has 22 heavy (non-hydrogen) atoms. The highest BCUT2D eigenvalue weighted by Crippen LogP contribution is 2.12. The summed E-state index contributed by atoms with van der Waals surface area (Å²) in [5.74, 6) is -0.203. The predicted octanol–water partition coefficient (Wildman–Crippen LogP) is 2.88. The third kappa shape index (κ3) is 9.03. The number of hydrogen-bond acceptors (Lipinski definition) is 4. The second kappa shape index (κ2) is 11.5. The fourth-order valence-corrected chi connectivity index (χ4v) is 2.61. The molecule has 1 fully saturated rings. The molecule has 2 atom stereocenters. The Kier molecular flexibility index (Phi) is 9.87. The van der Waals surface area contributed by atoms with Gasteiger partial charge in [-0.15, -0.1) is 0 Å². The second-order valence-electron chi connectivity index (χ2n) is 6.32. The van der Waals surface area contributed by atoms with Crippen molar-refractivity contribution in [2.75, 3.05) is 6.67 Å². The number of ether oxygens (including phenoxy) is 1. The van der Waals surface area contributed by atoms with E-state index in [1.165, 1.54) is 32.1 Å². The van der Waals surface area contributed by atoms with Gasteiger partial charge in [-0.25, -0.2) is 0 Å². The summed E-state index contributed by atoms with van der Waals surface area (Å²) < 4.78 is 5.42. The first-order chi connectivity index (χ1) is 10.6. The molecule has 0 saturated carbocycles. The lowest BCUT2D eigenvalue weighted by molar-refractivity contribution is -0.150. The Morgan fingerprint density at radius 2 is 1.50 bits per heavy atom. The summed E-state index contributed by atoms with van der Waals surface area (Å²) in [6.45, 7) is 4.02. The van der Waals surface area contributed by atoms with E-state index in [1.807, 2.05) is 6.92 Å². The summed E-state index contributed by atoms with van der Waals surface area (Å²) >= 11 is 0. The van der Waals surface area contributed by atoms with E-state index < -0.39 is 6.04 Å². The van der Waals surface area contributed by atoms with Crippen LogP contribution in [0, 0.1) is 0 Å². The Morgan fingerprint density at radius 3 is 2.18 bits per heavy atom. The number of amides is 1. The lowest BCUT2D eigenvalue weighted by Crippen LogP contribution is -2.43. The average Bonchev–Trinajstić information content (AvgIpc) is 2.48. The smallest absolute Gasteiger partial charge is 0.323 e. The average molecular weight is 312 g/mol. The maximum absolute atomic E-state index is 11.9. The summed E-state index contributed by atoms with van der Waals surface area (Å²) in [5, 5.41) is 5.77. The molecule has 0 aromatic heterocycles. The number of cyclic esters (lactones) is 1. The van der Waals surface area contributed by atoms with E-state index in [-0.39, 0.29) is 18.0 Å². The maximum Gasteiger partial charge on any atom is 0.323 e. The van der Waals surface area contributed by atoms with E-state index in [0.29, 0.717) is 13.1 Å². The Labute approximate surface area is 134 Å². The molecule has 1 saturated heterocycles. The van der Waals surface area contributed by atoms with Crippen LogP contribution in [0.3, 0.4) is 0 Å². The number of rotatable bonds is 0. The predicted molar refractivity (Wildman–Crippen MR) is 87.3 cm³/mol. The van der Waals surface area contributed by atoms with Crippen molar-refractivity contribution in [3.63, 3.8) is 0 Å². The molecular formula is C17H32N2O3. The SMILES string of the molecule is CC1CCCCCCCCCCC(=O)NCNC(C)C(=O)O1. The van der Waals surface area contributed by atoms with Gasteiger partial charge < -0.3 is 10.1 Å². The van der Waals surface area contributed by atoms with Gasteiger partial charge in [0.05, 0.1) is 12.8 Å². The molecular weight excluding hydrogens is 280 g/mol. The lowest BCUT2D eigenvalue weighted by atomic mass is 10.1. The molecule has 0 spiro atoms. The molecule has 0 bridgehead atoms. The normalized spacial score (nSPS) is 28.1. The minimum Gasteiger partial charge on any atom is -0.462 e. The van der Waals surface area contributed by atoms with Crippen LogP contribution in [0.25, 0.3) is 0 Å². The Hall–Kier alpha value is -1.10. The van der Waals surface area contributed by atoms with Crippen LogP contribution in [-0.2, 0) is 14.3 Å². The molecule has 2 unspecified atom stereocenters. The molecule has 0 aliphatic carbocycles. The first-order valence-corrected chi connectivity index (χ1v) is 8.80. The van der Waals surface area contributed by atoms with Crippen molar-refractivity contribution in [2.45, 2.75) is 90.2 Å². The van der Waals surface area contributed by atoms with Gasteiger partial charge in [0.25, 0.3) is 0 Å². The van der Waals surface area contributed by atoms with Crippen LogP contribution in [0.4, 0.5) is 0 Å². The van der Waals surface area contributed by atoms with Gasteiger partial charge in [0.2, 0.25) is 5.91 Å². The molecule has 1 aliphatic rings. The molecule has 1 heterocycles. The van der Waals surface area contributed by atoms with Gasteiger partial charge in [-0.3, -0.25) is 14.9 Å². The summed E-state index contributed by atoms with van der Waals surface area (Å²) in [4.78, 5) is 23.6. The molecule has 1 rings (SSSR count). The van der Waals surface area contributed by atoms with Crippen molar-refractivity contribution in [2.24, 2.45) is 0 Å². The molecule has 128 valence electrons. The Morgan fingerprint density at radius 1 is 0.909 bits per heavy atom. The maximum atomic E-state index is 11.9. The van der Waals surface area contributed by atoms with Crippen molar-refractivity contribution in [3.05, 3.63) is 0 Å². The van der Waals surface area contributed by atoms with Gasteiger partial charge in [0, 0.05) is 6.42 Å². The van der Waals surface area contributed by atoms with Gasteiger partial charge in [-0.1, -0.05) is 38.5 Å². The zero-order valence-electron chi connectivity index (χ0n) is 14.2. The van der Waals surface area contributed by atoms with Crippen molar-refractivity contribution >= 4 is 11.9 Å². The van der Waals surface area contributed by atoms with E-state index in [2.05, 4.69) is 10.6 Å². The minimum absolute atomic E-state index is 0.0368. The number of esters is 1. The largest absolute Gasteiger partial charge is 0.462 e. The highest BCUT2D eigenvalue weighted by molar-refractivity contribution is 5.76. The van der Waals surface area contributed by atoms with Crippen molar-refractivity contribution < 1.29 is 14.3 Å². The number of carbonyl (C=O) groups is 2. The summed E-state index contributed by atoms with van der Waals surface area (Å²) in [5.41, 5.74) is 0. The standard InChI is InChI=1S/C17H32N2O3/c1-14-11-9-7-5-3-4-6-8-10-12-16(20)19-13-18-15(2)17(21)22-14/h14-15,18H,3-13H2,1-2H3,(H,19,20). The second-order valence-corrected chi connectivity index (χ2v) is 6.32. The van der Waals surface area contributed by atoms with Crippen LogP contribution in [0.2, 0.25) is 0 Å². The number of nitrogens with one attached hydrogen (secondary N) is 2. The fraction of sp³-hybridized carbons (Fsp3) is 0.882. The molecule has 0 aromatic rings. The van der Waals surface area contributed by atoms with Crippen molar-refractivity contribution in [1.29, 1.82) is 0 Å². The Balaban J connectivity index is 2.38. The Bertz CT molecular complexity index is 334. The fourth-order valence-electron chi connectivity index (χ4n) is 2.61. The van der Waals surface area contributed by atoms with Gasteiger partial charge in [-0.05, 0) is 33.1 Å². The number of carbonyl (C=O) groups excluding carboxylic acids is 2. The summed E-state index contributed by atoms with van der Waals surface area (Å²) in [6.07, 6.45) is 10.8. The highest BCUT2D eigenvalue weighted by Gasteiger charge is 2.16. The first-order valence-electron chi connectivity index (χ1n) is 8.80. The summed E-state index contributed by atoms with van der Waals surface area (Å²) in [7, 11) is 0. The van der Waals surface area contributed by atoms with E-state index in [4.69, 9.17) is 4.74 Å². The molecule has 1 aliphatic heterocycles. The lowest BCUT2D eigenvalue weighted by Gasteiger charge is -2.18. The minimum atomic E-state index is -0.401. The van der Waals surface area contributed by atoms with Gasteiger partial charge in [-0.2, -0.15) is 0 Å². The van der Waals surface area contributed by atoms with E-state index in [1.54, 1.807) is 6.92 Å². The molecule has 0 radical (unpaired) electrons. The molecule has 1 amide bonds. The molecule has 5 nitrogen and oxygen atoms in total. The molecule has 0 aromatic carbocycles. The third-order valence-electron chi connectivity index (χ3n) is 4.13. The monoisotopic (exact) mass is 312 g/mol. The number of hydrogen-bond donors (Lipinski definition) is 2. The highest BCUT2D eigenvalue weighted by atomic mass is 16.5. The van der Waals surface area contributed by atoms with Crippen molar-refractivity contribution in [3.8, 4) is 0 Å². The van der Waals surface area contributed by atoms with Crippen LogP contribution in [0.1, 0.15) is 78.1 Å². The zero-order valence-corrected chi connectivity index (χ0v) is 14.2. The van der Waals surface area contributed by atoms with Crippen LogP contribution in [0.15, 0.2) is 0 Å². The topological polar surface area (TPSA) is 67.4 Å². The van der Waals surface area contributed by atoms with Crippen LogP contribution in [0.5, 0.6) is 0 Å². The third-order valence-corrected chi connectivity index (χ3v) is 4.13. The van der Waals surface area contributed by atoms with E-state index in [0.717, 1.165) is 25.7 Å². The van der Waals surface area contributed by atoms with Gasteiger partial charge >= 0.3 is 5.97 Å². The van der Waals surface area contributed by atoms with Crippen LogP contribution in [-0.4, -0.2) is 30.7 Å². The molecule has 5 heteroatoms. The van der Waals surface area contributed by atoms with Gasteiger partial charge in [0.15, 0.2) is 0 Å². The van der Waals surface area contributed by atoms with Crippen molar-refractivity contribution in [1.82, 2.24) is 10.6 Å². The first kappa shape index (κ1) is 18.9. The zero-order chi connectivity index (χ0) is 16.2.